The molecule has 0 aromatic heterocycles. The second-order valence-electron chi connectivity index (χ2n) is 9.48. The molecule has 0 unspecified atom stereocenters. The molecule has 0 bridgehead atoms. The van der Waals surface area contributed by atoms with E-state index in [1.165, 1.54) is 32.1 Å². The van der Waals surface area contributed by atoms with E-state index in [4.69, 9.17) is 5.11 Å². The minimum absolute atomic E-state index is 0.228. The molecule has 3 N–H and O–H groups in total. The normalized spacial score (nSPS) is 38.8. The van der Waals surface area contributed by atoms with Crippen LogP contribution in [0.2, 0.25) is 0 Å². The fourth-order valence-corrected chi connectivity index (χ4v) is 6.09. The fraction of sp³-hybridized carbons (Fsp3) is 0.680. The summed E-state index contributed by atoms with van der Waals surface area (Å²) in [6.07, 6.45) is 15.9. The second-order valence-corrected chi connectivity index (χ2v) is 9.48. The summed E-state index contributed by atoms with van der Waals surface area (Å²) < 4.78 is 0. The molecule has 3 aliphatic carbocycles. The van der Waals surface area contributed by atoms with Crippen LogP contribution in [0.25, 0.3) is 0 Å². The van der Waals surface area contributed by atoms with Gasteiger partial charge in [-0.25, -0.2) is 0 Å². The van der Waals surface area contributed by atoms with Gasteiger partial charge in [0, 0.05) is 6.61 Å². The molecule has 3 fully saturated rings. The highest BCUT2D eigenvalue weighted by Gasteiger charge is 2.50. The molecule has 0 amide bonds. The highest BCUT2D eigenvalue weighted by molar-refractivity contribution is 5.29. The molecule has 156 valence electrons. The van der Waals surface area contributed by atoms with Crippen LogP contribution in [-0.2, 0) is 0 Å². The van der Waals surface area contributed by atoms with Crippen LogP contribution in [0, 0.1) is 23.2 Å². The first-order chi connectivity index (χ1) is 13.4. The van der Waals surface area contributed by atoms with Gasteiger partial charge in [-0.1, -0.05) is 55.9 Å². The molecule has 3 saturated carbocycles. The lowest BCUT2D eigenvalue weighted by molar-refractivity contribution is 0.112. The van der Waals surface area contributed by atoms with E-state index in [9.17, 15) is 10.2 Å². The van der Waals surface area contributed by atoms with Crippen LogP contribution < -0.4 is 0 Å². The number of rotatable bonds is 5. The van der Waals surface area contributed by atoms with Crippen molar-refractivity contribution in [3.8, 4) is 0 Å². The Morgan fingerprint density at radius 2 is 1.89 bits per heavy atom. The number of allylic oxidation sites excluding steroid dienone is 4. The number of aliphatic hydroxyl groups is 3. The summed E-state index contributed by atoms with van der Waals surface area (Å²) in [5.41, 5.74) is 3.59. The third-order valence-corrected chi connectivity index (χ3v) is 7.71. The van der Waals surface area contributed by atoms with Gasteiger partial charge in [0.05, 0.1) is 12.2 Å². The maximum atomic E-state index is 10.1. The van der Waals surface area contributed by atoms with Crippen molar-refractivity contribution in [1.82, 2.24) is 0 Å². The van der Waals surface area contributed by atoms with E-state index in [-0.39, 0.29) is 6.61 Å². The molecule has 28 heavy (non-hydrogen) atoms. The molecule has 0 aromatic rings. The maximum absolute atomic E-state index is 10.1. The molecule has 0 radical (unpaired) electrons. The minimum atomic E-state index is -0.618. The van der Waals surface area contributed by atoms with Crippen molar-refractivity contribution in [1.29, 1.82) is 0 Å². The number of hydrogen-bond donors (Lipinski definition) is 3. The Kier molecular flexibility index (Phi) is 7.01. The summed E-state index contributed by atoms with van der Waals surface area (Å²) in [7, 11) is 0. The van der Waals surface area contributed by atoms with Crippen molar-refractivity contribution in [3.05, 3.63) is 47.6 Å². The van der Waals surface area contributed by atoms with E-state index >= 15 is 0 Å². The quantitative estimate of drug-likeness (QED) is 0.600. The van der Waals surface area contributed by atoms with Crippen molar-refractivity contribution in [2.24, 2.45) is 23.2 Å². The number of hydrogen-bond acceptors (Lipinski definition) is 3. The third kappa shape index (κ3) is 4.37. The largest absolute Gasteiger partial charge is 0.396 e. The van der Waals surface area contributed by atoms with Crippen LogP contribution in [0.1, 0.15) is 65.2 Å². The van der Waals surface area contributed by atoms with Gasteiger partial charge in [0.25, 0.3) is 0 Å². The first kappa shape index (κ1) is 21.5. The van der Waals surface area contributed by atoms with E-state index < -0.39 is 12.2 Å². The van der Waals surface area contributed by atoms with Crippen molar-refractivity contribution in [2.45, 2.75) is 77.4 Å². The molecule has 0 heterocycles. The molecule has 3 aliphatic rings. The summed E-state index contributed by atoms with van der Waals surface area (Å²) >= 11 is 0. The Labute approximate surface area is 170 Å². The van der Waals surface area contributed by atoms with Crippen LogP contribution in [0.3, 0.4) is 0 Å². The summed E-state index contributed by atoms with van der Waals surface area (Å²) in [4.78, 5) is 0. The van der Waals surface area contributed by atoms with Gasteiger partial charge in [0.15, 0.2) is 0 Å². The zero-order chi connectivity index (χ0) is 20.3. The minimum Gasteiger partial charge on any atom is -0.396 e. The predicted octanol–water partition coefficient (Wildman–Crippen LogP) is 4.70. The van der Waals surface area contributed by atoms with Gasteiger partial charge in [-0.3, -0.25) is 0 Å². The fourth-order valence-electron chi connectivity index (χ4n) is 6.09. The van der Waals surface area contributed by atoms with Gasteiger partial charge in [-0.2, -0.15) is 0 Å². The molecule has 0 aliphatic heterocycles. The molecule has 0 spiro atoms. The Bertz CT molecular complexity index is 643. The van der Waals surface area contributed by atoms with Gasteiger partial charge in [0.1, 0.15) is 0 Å². The first-order valence-corrected chi connectivity index (χ1v) is 11.1. The van der Waals surface area contributed by atoms with Crippen LogP contribution in [-0.4, -0.2) is 34.1 Å². The van der Waals surface area contributed by atoms with Crippen LogP contribution in [0.5, 0.6) is 0 Å². The molecule has 3 nitrogen and oxygen atoms in total. The van der Waals surface area contributed by atoms with Gasteiger partial charge in [0.2, 0.25) is 0 Å². The highest BCUT2D eigenvalue weighted by atomic mass is 16.3. The predicted molar refractivity (Wildman–Crippen MR) is 115 cm³/mol. The summed E-state index contributed by atoms with van der Waals surface area (Å²) in [5.74, 6) is 1.89. The Morgan fingerprint density at radius 3 is 2.57 bits per heavy atom. The standard InChI is InChI=1S/C25H38O3/c1-17(7-4-5-14-26)21-11-12-22-20(8-6-13-25(21,22)3)10-9-19-15-23(27)18(2)24(28)16-19/h4,7,9-10,17,21-24,26-28H,2,5-6,8,11-16H2,1,3H3/b7-4+,20-10+/t17-,21-,22+,23-,24-,25-/m1/s1. The smallest absolute Gasteiger partial charge is 0.0809 e. The average molecular weight is 387 g/mol. The summed E-state index contributed by atoms with van der Waals surface area (Å²) in [6, 6.07) is 0. The van der Waals surface area contributed by atoms with E-state index in [0.717, 1.165) is 12.0 Å². The van der Waals surface area contributed by atoms with Gasteiger partial charge < -0.3 is 15.3 Å². The Morgan fingerprint density at radius 1 is 1.18 bits per heavy atom. The zero-order valence-electron chi connectivity index (χ0n) is 17.6. The maximum Gasteiger partial charge on any atom is 0.0809 e. The lowest BCUT2D eigenvalue weighted by Crippen LogP contribution is -2.35. The van der Waals surface area contributed by atoms with E-state index in [0.29, 0.717) is 41.6 Å². The first-order valence-electron chi connectivity index (χ1n) is 11.1. The Hall–Kier alpha value is -1.16. The van der Waals surface area contributed by atoms with E-state index in [1.807, 2.05) is 0 Å². The number of aliphatic hydroxyl groups excluding tert-OH is 3. The van der Waals surface area contributed by atoms with E-state index in [1.54, 1.807) is 5.57 Å². The van der Waals surface area contributed by atoms with Gasteiger partial charge in [-0.05, 0) is 80.1 Å². The van der Waals surface area contributed by atoms with Crippen molar-refractivity contribution >= 4 is 0 Å². The molecular weight excluding hydrogens is 348 g/mol. The van der Waals surface area contributed by atoms with E-state index in [2.05, 4.69) is 44.7 Å². The van der Waals surface area contributed by atoms with Gasteiger partial charge in [-0.15, -0.1) is 0 Å². The second kappa shape index (κ2) is 9.11. The number of fused-ring (bicyclic) bond motifs is 1. The van der Waals surface area contributed by atoms with Gasteiger partial charge >= 0.3 is 0 Å². The molecule has 3 rings (SSSR count). The molecular formula is C25H38O3. The van der Waals surface area contributed by atoms with Crippen molar-refractivity contribution < 1.29 is 15.3 Å². The van der Waals surface area contributed by atoms with Crippen LogP contribution in [0.15, 0.2) is 47.6 Å². The third-order valence-electron chi connectivity index (χ3n) is 7.71. The molecule has 0 saturated heterocycles. The summed E-state index contributed by atoms with van der Waals surface area (Å²) in [6.45, 7) is 8.86. The monoisotopic (exact) mass is 386 g/mol. The Balaban J connectivity index is 1.74. The lowest BCUT2D eigenvalue weighted by atomic mass is 9.61. The highest BCUT2D eigenvalue weighted by Crippen LogP contribution is 2.59. The zero-order valence-corrected chi connectivity index (χ0v) is 17.6. The van der Waals surface area contributed by atoms with Crippen molar-refractivity contribution in [2.75, 3.05) is 6.61 Å². The molecule has 6 atom stereocenters. The summed E-state index contributed by atoms with van der Waals surface area (Å²) in [5, 5.41) is 29.2. The molecule has 3 heteroatoms. The lowest BCUT2D eigenvalue weighted by Gasteiger charge is -2.44. The average Bonchev–Trinajstić information content (AvgIpc) is 3.02. The van der Waals surface area contributed by atoms with Crippen LogP contribution >= 0.6 is 0 Å². The van der Waals surface area contributed by atoms with Crippen LogP contribution in [0.4, 0.5) is 0 Å². The SMILES string of the molecule is C=C1[C@H](O)CC(=C/C=C2\CCC[C@]3(C)[C@@H]([C@H](C)/C=C/CCO)CC[C@@H]23)C[C@H]1O. The topological polar surface area (TPSA) is 60.7 Å². The molecule has 0 aromatic carbocycles. The van der Waals surface area contributed by atoms with Crippen molar-refractivity contribution in [3.63, 3.8) is 0 Å².